The van der Waals surface area contributed by atoms with E-state index in [-0.39, 0.29) is 25.4 Å². The predicted octanol–water partition coefficient (Wildman–Crippen LogP) is 2.10. The van der Waals surface area contributed by atoms with Crippen molar-refractivity contribution in [2.75, 3.05) is 6.61 Å². The Morgan fingerprint density at radius 3 is 2.60 bits per heavy atom. The first-order valence-electron chi connectivity index (χ1n) is 4.11. The zero-order valence-electron chi connectivity index (χ0n) is 7.78. The van der Waals surface area contributed by atoms with Gasteiger partial charge in [-0.3, -0.25) is 0 Å². The molecular weight excluding hydrogens is 288 g/mol. The Balaban J connectivity index is 0.00000196. The summed E-state index contributed by atoms with van der Waals surface area (Å²) in [6, 6.07) is 2.04. The maximum Gasteiger partial charge on any atom is 0.165 e. The molecule has 0 fully saturated rings. The second-order valence-electron chi connectivity index (χ2n) is 2.91. The van der Waals surface area contributed by atoms with E-state index in [1.165, 1.54) is 6.07 Å². The highest BCUT2D eigenvalue weighted by Gasteiger charge is 2.17. The second-order valence-corrected chi connectivity index (χ2v) is 3.76. The Hall–Kier alpha value is -0.360. The molecule has 0 amide bonds. The van der Waals surface area contributed by atoms with Crippen molar-refractivity contribution in [1.82, 2.24) is 0 Å². The number of hydrogen-bond donors (Lipinski definition) is 3. The van der Waals surface area contributed by atoms with E-state index in [1.54, 1.807) is 0 Å². The van der Waals surface area contributed by atoms with Crippen molar-refractivity contribution in [1.29, 1.82) is 0 Å². The second kappa shape index (κ2) is 6.27. The summed E-state index contributed by atoms with van der Waals surface area (Å²) >= 11 is 3.16. The molecule has 0 saturated carbocycles. The van der Waals surface area contributed by atoms with Crippen LogP contribution in [-0.4, -0.2) is 16.8 Å². The summed E-state index contributed by atoms with van der Waals surface area (Å²) < 4.78 is 13.5. The van der Waals surface area contributed by atoms with E-state index in [9.17, 15) is 9.50 Å². The fourth-order valence-electron chi connectivity index (χ4n) is 1.19. The van der Waals surface area contributed by atoms with Gasteiger partial charge in [0.2, 0.25) is 0 Å². The fourth-order valence-corrected chi connectivity index (χ4v) is 1.81. The molecule has 0 heterocycles. The highest BCUT2D eigenvalue weighted by molar-refractivity contribution is 9.10. The molecule has 0 aliphatic carbocycles. The number of aliphatic hydroxyl groups is 1. The monoisotopic (exact) mass is 299 g/mol. The van der Waals surface area contributed by atoms with Crippen LogP contribution in [0.4, 0.5) is 4.39 Å². The first-order valence-corrected chi connectivity index (χ1v) is 4.90. The van der Waals surface area contributed by atoms with Crippen molar-refractivity contribution in [3.8, 4) is 5.75 Å². The molecule has 4 N–H and O–H groups in total. The van der Waals surface area contributed by atoms with E-state index in [2.05, 4.69) is 15.9 Å². The summed E-state index contributed by atoms with van der Waals surface area (Å²) in [4.78, 5) is 0. The van der Waals surface area contributed by atoms with Crippen LogP contribution in [0.25, 0.3) is 0 Å². The van der Waals surface area contributed by atoms with Crippen LogP contribution in [0.2, 0.25) is 0 Å². The van der Waals surface area contributed by atoms with Crippen LogP contribution in [0.15, 0.2) is 16.6 Å². The minimum atomic E-state index is -0.711. The molecule has 0 unspecified atom stereocenters. The number of benzene rings is 1. The minimum absolute atomic E-state index is 0. The standard InChI is InChI=1S/C9H11BrFNO2.ClH/c10-5-1-2-6(11)9(14)8(5)7(12)3-4-13;/h1-2,7,13-14H,3-4,12H2;1H/t7-;/m0./s1. The normalized spacial score (nSPS) is 12.0. The Morgan fingerprint density at radius 1 is 1.47 bits per heavy atom. The van der Waals surface area contributed by atoms with Crippen molar-refractivity contribution in [2.45, 2.75) is 12.5 Å². The molecule has 1 atom stereocenters. The zero-order chi connectivity index (χ0) is 10.7. The molecule has 0 aliphatic rings. The summed E-state index contributed by atoms with van der Waals surface area (Å²) in [7, 11) is 0. The number of phenolic OH excluding ortho intramolecular Hbond substituents is 1. The Kier molecular flexibility index (Phi) is 6.12. The molecule has 1 aromatic carbocycles. The third-order valence-corrected chi connectivity index (χ3v) is 2.62. The molecule has 0 radical (unpaired) electrons. The third kappa shape index (κ3) is 3.31. The van der Waals surface area contributed by atoms with Gasteiger partial charge in [0.1, 0.15) is 0 Å². The quantitative estimate of drug-likeness (QED) is 0.801. The first kappa shape index (κ1) is 14.6. The van der Waals surface area contributed by atoms with Crippen LogP contribution < -0.4 is 5.73 Å². The maximum atomic E-state index is 13.0. The van der Waals surface area contributed by atoms with Crippen molar-refractivity contribution >= 4 is 28.3 Å². The van der Waals surface area contributed by atoms with Crippen molar-refractivity contribution in [3.63, 3.8) is 0 Å². The van der Waals surface area contributed by atoms with Gasteiger partial charge in [0.15, 0.2) is 11.6 Å². The zero-order valence-corrected chi connectivity index (χ0v) is 10.2. The lowest BCUT2D eigenvalue weighted by Gasteiger charge is -2.14. The number of halogens is 3. The highest BCUT2D eigenvalue weighted by Crippen LogP contribution is 2.33. The van der Waals surface area contributed by atoms with Gasteiger partial charge in [-0.05, 0) is 18.6 Å². The van der Waals surface area contributed by atoms with Crippen LogP contribution in [0.5, 0.6) is 5.75 Å². The molecule has 0 bridgehead atoms. The number of hydrogen-bond acceptors (Lipinski definition) is 3. The Bertz CT molecular complexity index is 338. The molecule has 0 aliphatic heterocycles. The van der Waals surface area contributed by atoms with Crippen molar-refractivity contribution < 1.29 is 14.6 Å². The first-order chi connectivity index (χ1) is 6.57. The topological polar surface area (TPSA) is 66.5 Å². The molecule has 86 valence electrons. The van der Waals surface area contributed by atoms with Crippen LogP contribution in [-0.2, 0) is 0 Å². The van der Waals surface area contributed by atoms with Gasteiger partial charge >= 0.3 is 0 Å². The van der Waals surface area contributed by atoms with E-state index in [0.717, 1.165) is 6.07 Å². The van der Waals surface area contributed by atoms with Crippen LogP contribution in [0, 0.1) is 5.82 Å². The average molecular weight is 301 g/mol. The van der Waals surface area contributed by atoms with Gasteiger partial charge in [-0.1, -0.05) is 15.9 Å². The maximum absolute atomic E-state index is 13.0. The van der Waals surface area contributed by atoms with Gasteiger partial charge in [-0.15, -0.1) is 12.4 Å². The summed E-state index contributed by atoms with van der Waals surface area (Å²) in [5.41, 5.74) is 5.95. The molecule has 3 nitrogen and oxygen atoms in total. The lowest BCUT2D eigenvalue weighted by atomic mass is 10.0. The third-order valence-electron chi connectivity index (χ3n) is 1.93. The Morgan fingerprint density at radius 2 is 2.07 bits per heavy atom. The minimum Gasteiger partial charge on any atom is -0.505 e. The largest absolute Gasteiger partial charge is 0.505 e. The number of aliphatic hydroxyl groups excluding tert-OH is 1. The molecule has 15 heavy (non-hydrogen) atoms. The van der Waals surface area contributed by atoms with Gasteiger partial charge < -0.3 is 15.9 Å². The molecule has 1 aromatic rings. The molecule has 0 spiro atoms. The number of rotatable bonds is 3. The number of nitrogens with two attached hydrogens (primary N) is 1. The van der Waals surface area contributed by atoms with Gasteiger partial charge in [0.25, 0.3) is 0 Å². The van der Waals surface area contributed by atoms with Gasteiger partial charge in [0, 0.05) is 22.7 Å². The molecule has 0 saturated heterocycles. The summed E-state index contributed by atoms with van der Waals surface area (Å²) in [5, 5.41) is 18.1. The van der Waals surface area contributed by atoms with E-state index >= 15 is 0 Å². The lowest BCUT2D eigenvalue weighted by molar-refractivity contribution is 0.275. The van der Waals surface area contributed by atoms with E-state index < -0.39 is 17.6 Å². The van der Waals surface area contributed by atoms with Crippen molar-refractivity contribution in [2.24, 2.45) is 5.73 Å². The summed E-state index contributed by atoms with van der Waals surface area (Å²) in [6.07, 6.45) is 0.273. The van der Waals surface area contributed by atoms with Crippen molar-refractivity contribution in [3.05, 3.63) is 28.0 Å². The highest BCUT2D eigenvalue weighted by atomic mass is 79.9. The van der Waals surface area contributed by atoms with Crippen LogP contribution in [0.3, 0.4) is 0 Å². The van der Waals surface area contributed by atoms with E-state index in [0.29, 0.717) is 10.0 Å². The lowest BCUT2D eigenvalue weighted by Crippen LogP contribution is -2.13. The van der Waals surface area contributed by atoms with E-state index in [1.807, 2.05) is 0 Å². The molecular formula is C9H12BrClFNO2. The smallest absolute Gasteiger partial charge is 0.165 e. The summed E-state index contributed by atoms with van der Waals surface area (Å²) in [5.74, 6) is -1.17. The van der Waals surface area contributed by atoms with Crippen LogP contribution in [0.1, 0.15) is 18.0 Å². The van der Waals surface area contributed by atoms with Gasteiger partial charge in [0.05, 0.1) is 0 Å². The SMILES string of the molecule is Cl.N[C@@H](CCO)c1c(Br)ccc(F)c1O. The van der Waals surface area contributed by atoms with Gasteiger partial charge in [-0.2, -0.15) is 0 Å². The fraction of sp³-hybridized carbons (Fsp3) is 0.333. The van der Waals surface area contributed by atoms with Crippen LogP contribution >= 0.6 is 28.3 Å². The summed E-state index contributed by atoms with van der Waals surface area (Å²) in [6.45, 7) is -0.108. The van der Waals surface area contributed by atoms with Gasteiger partial charge in [-0.25, -0.2) is 4.39 Å². The molecule has 1 rings (SSSR count). The average Bonchev–Trinajstić information content (AvgIpc) is 2.13. The molecule has 0 aromatic heterocycles. The number of aromatic hydroxyl groups is 1. The Labute approximate surface area is 102 Å². The van der Waals surface area contributed by atoms with E-state index in [4.69, 9.17) is 10.8 Å². The predicted molar refractivity (Wildman–Crippen MR) is 61.6 cm³/mol. The number of phenols is 1. The molecule has 6 heteroatoms.